The highest BCUT2D eigenvalue weighted by atomic mass is 16.5. The molecule has 0 bridgehead atoms. The Morgan fingerprint density at radius 3 is 2.94 bits per heavy atom. The van der Waals surface area contributed by atoms with Gasteiger partial charge >= 0.3 is 0 Å². The van der Waals surface area contributed by atoms with Crippen molar-refractivity contribution in [3.63, 3.8) is 0 Å². The van der Waals surface area contributed by atoms with Crippen LogP contribution in [0.2, 0.25) is 0 Å². The summed E-state index contributed by atoms with van der Waals surface area (Å²) < 4.78 is 5.38. The smallest absolute Gasteiger partial charge is 0.251 e. The molecule has 0 aliphatic carbocycles. The number of phenolic OH excluding ortho intramolecular Hbond substituents is 1. The molecule has 9 nitrogen and oxygen atoms in total. The van der Waals surface area contributed by atoms with E-state index >= 15 is 0 Å². The highest BCUT2D eigenvalue weighted by Crippen LogP contribution is 2.35. The summed E-state index contributed by atoms with van der Waals surface area (Å²) in [6, 6.07) is 14.3. The van der Waals surface area contributed by atoms with Crippen LogP contribution in [0.1, 0.15) is 23.2 Å². The first-order chi connectivity index (χ1) is 17.5. The maximum Gasteiger partial charge on any atom is 0.251 e. The summed E-state index contributed by atoms with van der Waals surface area (Å²) >= 11 is 0. The maximum atomic E-state index is 12.7. The van der Waals surface area contributed by atoms with Crippen molar-refractivity contribution in [3.05, 3.63) is 60.3 Å². The lowest BCUT2D eigenvalue weighted by molar-refractivity contribution is 0.0703. The topological polar surface area (TPSA) is 124 Å². The largest absolute Gasteiger partial charge is 0.507 e. The van der Waals surface area contributed by atoms with Gasteiger partial charge < -0.3 is 25.3 Å². The number of pyridine rings is 1. The number of likely N-dealkylation sites (tertiary alicyclic amines) is 1. The van der Waals surface area contributed by atoms with Gasteiger partial charge in [0.2, 0.25) is 5.88 Å². The molecule has 9 heteroatoms. The van der Waals surface area contributed by atoms with Crippen molar-refractivity contribution in [2.45, 2.75) is 18.9 Å². The first-order valence-electron chi connectivity index (χ1n) is 12.0. The second-order valence-electron chi connectivity index (χ2n) is 8.96. The first-order valence-corrected chi connectivity index (χ1v) is 12.0. The number of aliphatic hydroxyl groups is 1. The average Bonchev–Trinajstić information content (AvgIpc) is 3.32. The molecule has 1 saturated heterocycles. The number of aliphatic hydroxyl groups excluding tert-OH is 1. The number of fused-ring (bicyclic) bond motifs is 1. The van der Waals surface area contributed by atoms with Crippen LogP contribution in [0.5, 0.6) is 11.6 Å². The fraction of sp³-hybridized carbons (Fsp3) is 0.296. The number of rotatable bonds is 7. The Morgan fingerprint density at radius 2 is 2.11 bits per heavy atom. The molecule has 0 spiro atoms. The van der Waals surface area contributed by atoms with E-state index in [1.54, 1.807) is 43.6 Å². The zero-order chi connectivity index (χ0) is 25.1. The van der Waals surface area contributed by atoms with Crippen molar-refractivity contribution in [2.75, 3.05) is 33.3 Å². The number of hydrogen-bond donors (Lipinski definition) is 4. The van der Waals surface area contributed by atoms with Crippen molar-refractivity contribution in [2.24, 2.45) is 0 Å². The number of methoxy groups -OCH3 is 1. The minimum absolute atomic E-state index is 0.0847. The third-order valence-corrected chi connectivity index (χ3v) is 6.47. The minimum atomic E-state index is -0.280. The lowest BCUT2D eigenvalue weighted by Gasteiger charge is -2.29. The third kappa shape index (κ3) is 5.02. The number of imidazole rings is 1. The number of nitrogens with one attached hydrogen (secondary N) is 2. The van der Waals surface area contributed by atoms with E-state index in [1.165, 1.54) is 0 Å². The molecule has 2 aromatic carbocycles. The van der Waals surface area contributed by atoms with Crippen LogP contribution in [0.4, 0.5) is 0 Å². The predicted molar refractivity (Wildman–Crippen MR) is 137 cm³/mol. The molecule has 1 amide bonds. The minimum Gasteiger partial charge on any atom is -0.507 e. The summed E-state index contributed by atoms with van der Waals surface area (Å²) in [6.07, 6.45) is 3.20. The van der Waals surface area contributed by atoms with Crippen molar-refractivity contribution in [1.29, 1.82) is 0 Å². The molecular weight excluding hydrogens is 458 g/mol. The number of aromatic amines is 1. The summed E-state index contributed by atoms with van der Waals surface area (Å²) in [5.74, 6) is 0.903. The quantitative estimate of drug-likeness (QED) is 0.316. The molecule has 2 aromatic heterocycles. The van der Waals surface area contributed by atoms with Gasteiger partial charge in [0, 0.05) is 37.0 Å². The molecule has 36 heavy (non-hydrogen) atoms. The summed E-state index contributed by atoms with van der Waals surface area (Å²) in [5, 5.41) is 23.3. The fourth-order valence-electron chi connectivity index (χ4n) is 4.61. The Labute approximate surface area is 208 Å². The molecule has 1 fully saturated rings. The van der Waals surface area contributed by atoms with E-state index in [1.807, 2.05) is 18.2 Å². The van der Waals surface area contributed by atoms with Gasteiger partial charge in [-0.25, -0.2) is 9.97 Å². The second kappa shape index (κ2) is 10.3. The molecule has 1 unspecified atom stereocenters. The lowest BCUT2D eigenvalue weighted by atomic mass is 10.0. The highest BCUT2D eigenvalue weighted by Gasteiger charge is 2.18. The van der Waals surface area contributed by atoms with Gasteiger partial charge in [-0.15, -0.1) is 0 Å². The Kier molecular flexibility index (Phi) is 6.84. The van der Waals surface area contributed by atoms with E-state index in [0.29, 0.717) is 53.5 Å². The molecular formula is C27H29N5O4. The van der Waals surface area contributed by atoms with E-state index in [4.69, 9.17) is 4.74 Å². The van der Waals surface area contributed by atoms with Crippen LogP contribution in [-0.2, 0) is 0 Å². The van der Waals surface area contributed by atoms with Gasteiger partial charge in [-0.05, 0) is 67.4 Å². The number of phenols is 1. The summed E-state index contributed by atoms with van der Waals surface area (Å²) in [6.45, 7) is 2.81. The first kappa shape index (κ1) is 23.8. The molecule has 1 atom stereocenters. The van der Waals surface area contributed by atoms with Crippen LogP contribution in [0.25, 0.3) is 33.5 Å². The Bertz CT molecular complexity index is 1390. The van der Waals surface area contributed by atoms with Crippen LogP contribution >= 0.6 is 0 Å². The van der Waals surface area contributed by atoms with E-state index in [2.05, 4.69) is 25.2 Å². The number of carbonyl (C=O) groups is 1. The molecule has 0 radical (unpaired) electrons. The Balaban J connectivity index is 1.34. The molecule has 4 aromatic rings. The normalized spacial score (nSPS) is 16.2. The van der Waals surface area contributed by atoms with Gasteiger partial charge in [0.25, 0.3) is 5.91 Å². The molecule has 4 N–H and O–H groups in total. The molecule has 3 heterocycles. The van der Waals surface area contributed by atoms with Crippen molar-refractivity contribution < 1.29 is 19.7 Å². The van der Waals surface area contributed by atoms with Crippen molar-refractivity contribution in [3.8, 4) is 34.1 Å². The predicted octanol–water partition coefficient (Wildman–Crippen LogP) is 3.19. The van der Waals surface area contributed by atoms with Crippen LogP contribution in [-0.4, -0.2) is 75.4 Å². The van der Waals surface area contributed by atoms with Crippen LogP contribution in [0.15, 0.2) is 54.7 Å². The number of aromatic hydroxyl groups is 1. The van der Waals surface area contributed by atoms with Crippen LogP contribution in [0.3, 0.4) is 0 Å². The number of piperidine rings is 1. The average molecular weight is 488 g/mol. The number of benzene rings is 2. The number of ether oxygens (including phenoxy) is 1. The monoisotopic (exact) mass is 487 g/mol. The number of H-pyrrole nitrogens is 1. The fourth-order valence-corrected chi connectivity index (χ4v) is 4.61. The maximum absolute atomic E-state index is 12.7. The molecule has 0 saturated carbocycles. The number of aromatic nitrogens is 3. The van der Waals surface area contributed by atoms with Crippen molar-refractivity contribution >= 4 is 16.9 Å². The van der Waals surface area contributed by atoms with Gasteiger partial charge in [0.15, 0.2) is 0 Å². The lowest BCUT2D eigenvalue weighted by Crippen LogP contribution is -2.42. The van der Waals surface area contributed by atoms with Gasteiger partial charge in [-0.1, -0.05) is 6.07 Å². The van der Waals surface area contributed by atoms with Gasteiger partial charge in [-0.2, -0.15) is 0 Å². The SMILES string of the molecule is COc1ncccc1-c1ccc(O)c(-c2nc3ccc(C(=O)NCCN4CCCC(O)C4)cc3[nH]2)c1. The summed E-state index contributed by atoms with van der Waals surface area (Å²) in [5.41, 5.74) is 4.07. The van der Waals surface area contributed by atoms with E-state index in [-0.39, 0.29) is 17.8 Å². The Morgan fingerprint density at radius 1 is 1.22 bits per heavy atom. The molecule has 186 valence electrons. The number of β-amino-alcohol motifs (C(OH)–C–C–N with tert-alkyl or cyclic N) is 1. The van der Waals surface area contributed by atoms with E-state index in [9.17, 15) is 15.0 Å². The molecule has 5 rings (SSSR count). The number of carbonyl (C=O) groups excluding carboxylic acids is 1. The van der Waals surface area contributed by atoms with Gasteiger partial charge in [-0.3, -0.25) is 9.69 Å². The van der Waals surface area contributed by atoms with Crippen LogP contribution in [0, 0.1) is 0 Å². The van der Waals surface area contributed by atoms with E-state index in [0.717, 1.165) is 30.5 Å². The number of nitrogens with zero attached hydrogens (tertiary/aromatic N) is 3. The standard InChI is InChI=1S/C27H29N5O4/c1-36-27-20(5-2-10-29-27)17-7-9-24(34)21(14-17)25-30-22-8-6-18(15-23(22)31-25)26(35)28-11-13-32-12-3-4-19(33)16-32/h2,5-10,14-15,19,33-34H,3-4,11-13,16H2,1H3,(H,28,35)(H,30,31). The highest BCUT2D eigenvalue weighted by molar-refractivity contribution is 5.97. The van der Waals surface area contributed by atoms with Crippen molar-refractivity contribution in [1.82, 2.24) is 25.2 Å². The van der Waals surface area contributed by atoms with E-state index < -0.39 is 0 Å². The summed E-state index contributed by atoms with van der Waals surface area (Å²) in [7, 11) is 1.57. The van der Waals surface area contributed by atoms with Crippen LogP contribution < -0.4 is 10.1 Å². The molecule has 1 aliphatic rings. The second-order valence-corrected chi connectivity index (χ2v) is 8.96. The van der Waals surface area contributed by atoms with Gasteiger partial charge in [0.05, 0.1) is 29.8 Å². The summed E-state index contributed by atoms with van der Waals surface area (Å²) in [4.78, 5) is 27.0. The van der Waals surface area contributed by atoms with Gasteiger partial charge in [0.1, 0.15) is 11.6 Å². The Hall–Kier alpha value is -3.95. The number of hydrogen-bond acceptors (Lipinski definition) is 7. The number of amides is 1. The third-order valence-electron chi connectivity index (χ3n) is 6.47. The zero-order valence-electron chi connectivity index (χ0n) is 20.1. The molecule has 1 aliphatic heterocycles. The zero-order valence-corrected chi connectivity index (χ0v) is 20.1.